The number of hydrogen-bond acceptors (Lipinski definition) is 2. The molecule has 0 aliphatic rings. The summed E-state index contributed by atoms with van der Waals surface area (Å²) in [5.41, 5.74) is 0. The normalized spacial score (nSPS) is 13.2. The van der Waals surface area contributed by atoms with Crippen LogP contribution in [0.25, 0.3) is 0 Å². The van der Waals surface area contributed by atoms with Crippen molar-refractivity contribution in [3.05, 3.63) is 60.7 Å². The van der Waals surface area contributed by atoms with E-state index in [4.69, 9.17) is 4.52 Å². The average Bonchev–Trinajstić information content (AvgIpc) is 2.31. The number of rotatable bonds is 3. The van der Waals surface area contributed by atoms with E-state index in [0.29, 0.717) is 11.1 Å². The summed E-state index contributed by atoms with van der Waals surface area (Å²) in [5.74, 6) is 0.386. The molecule has 0 heterocycles. The van der Waals surface area contributed by atoms with E-state index < -0.39 is 7.60 Å². The van der Waals surface area contributed by atoms with Gasteiger partial charge in [-0.2, -0.15) is 0 Å². The van der Waals surface area contributed by atoms with Crippen molar-refractivity contribution in [2.24, 2.45) is 0 Å². The topological polar surface area (TPSA) is 46.5 Å². The van der Waals surface area contributed by atoms with Gasteiger partial charge >= 0.3 is 7.60 Å². The second-order valence-corrected chi connectivity index (χ2v) is 5.00. The van der Waals surface area contributed by atoms with Crippen molar-refractivity contribution in [1.82, 2.24) is 0 Å². The van der Waals surface area contributed by atoms with Crippen LogP contribution in [0.5, 0.6) is 5.75 Å². The van der Waals surface area contributed by atoms with Crippen LogP contribution in [0.1, 0.15) is 0 Å². The SMILES string of the molecule is O=P(O)(Oc1ccccc1)c1ccccc1.[Fe]. The zero-order valence-corrected chi connectivity index (χ0v) is 10.8. The Hall–Kier alpha value is -1.05. The van der Waals surface area contributed by atoms with Gasteiger partial charge < -0.3 is 9.42 Å². The van der Waals surface area contributed by atoms with E-state index in [9.17, 15) is 9.46 Å². The molecule has 0 aromatic heterocycles. The van der Waals surface area contributed by atoms with Gasteiger partial charge in [0.15, 0.2) is 0 Å². The zero-order chi connectivity index (χ0) is 11.4. The maximum absolute atomic E-state index is 11.9. The maximum atomic E-state index is 11.9. The molecule has 3 nitrogen and oxygen atoms in total. The van der Waals surface area contributed by atoms with Gasteiger partial charge in [-0.05, 0) is 24.3 Å². The maximum Gasteiger partial charge on any atom is 0.408 e. The molecule has 90 valence electrons. The van der Waals surface area contributed by atoms with Gasteiger partial charge in [0.05, 0.1) is 5.30 Å². The summed E-state index contributed by atoms with van der Waals surface area (Å²) in [4.78, 5) is 9.77. The van der Waals surface area contributed by atoms with Gasteiger partial charge in [0.25, 0.3) is 0 Å². The molecule has 2 aromatic carbocycles. The third-order valence-corrected chi connectivity index (χ3v) is 3.46. The van der Waals surface area contributed by atoms with E-state index in [1.54, 1.807) is 54.6 Å². The molecule has 2 rings (SSSR count). The second-order valence-electron chi connectivity index (χ2n) is 3.26. The molecule has 0 aliphatic heterocycles. The van der Waals surface area contributed by atoms with Crippen LogP contribution in [0.3, 0.4) is 0 Å². The predicted octanol–water partition coefficient (Wildman–Crippen LogP) is 2.57. The van der Waals surface area contributed by atoms with Crippen LogP contribution >= 0.6 is 7.60 Å². The molecular weight excluding hydrogens is 279 g/mol. The molecule has 0 radical (unpaired) electrons. The van der Waals surface area contributed by atoms with Crippen LogP contribution in [0, 0.1) is 0 Å². The van der Waals surface area contributed by atoms with E-state index in [0.717, 1.165) is 0 Å². The van der Waals surface area contributed by atoms with Crippen LogP contribution in [0.4, 0.5) is 0 Å². The van der Waals surface area contributed by atoms with E-state index in [-0.39, 0.29) is 17.1 Å². The molecule has 5 heteroatoms. The van der Waals surface area contributed by atoms with E-state index in [1.807, 2.05) is 6.07 Å². The molecule has 0 spiro atoms. The molecule has 1 N–H and O–H groups in total. The van der Waals surface area contributed by atoms with Crippen molar-refractivity contribution < 1.29 is 31.1 Å². The van der Waals surface area contributed by atoms with Crippen LogP contribution in [0.15, 0.2) is 60.7 Å². The van der Waals surface area contributed by atoms with Gasteiger partial charge in [-0.3, -0.25) is 0 Å². The molecule has 0 fully saturated rings. The van der Waals surface area contributed by atoms with Gasteiger partial charge in [0.1, 0.15) is 5.75 Å². The second kappa shape index (κ2) is 6.04. The first-order chi connectivity index (χ1) is 7.68. The zero-order valence-electron chi connectivity index (χ0n) is 8.84. The third-order valence-electron chi connectivity index (χ3n) is 2.05. The van der Waals surface area contributed by atoms with Crippen LogP contribution < -0.4 is 9.83 Å². The summed E-state index contributed by atoms with van der Waals surface area (Å²) in [7, 11) is -3.77. The van der Waals surface area contributed by atoms with E-state index in [1.165, 1.54) is 0 Å². The summed E-state index contributed by atoms with van der Waals surface area (Å²) >= 11 is 0. The monoisotopic (exact) mass is 290 g/mol. The first kappa shape index (κ1) is 14.0. The average molecular weight is 290 g/mol. The predicted molar refractivity (Wildman–Crippen MR) is 63.0 cm³/mol. The van der Waals surface area contributed by atoms with E-state index >= 15 is 0 Å². The Morgan fingerprint density at radius 3 is 1.88 bits per heavy atom. The van der Waals surface area contributed by atoms with E-state index in [2.05, 4.69) is 0 Å². The Morgan fingerprint density at radius 2 is 1.35 bits per heavy atom. The smallest absolute Gasteiger partial charge is 0.408 e. The minimum atomic E-state index is -3.77. The van der Waals surface area contributed by atoms with Gasteiger partial charge in [0.2, 0.25) is 0 Å². The van der Waals surface area contributed by atoms with Gasteiger partial charge in [0, 0.05) is 17.1 Å². The molecule has 0 bridgehead atoms. The number of benzene rings is 2. The quantitative estimate of drug-likeness (QED) is 0.698. The summed E-state index contributed by atoms with van der Waals surface area (Å²) in [6.45, 7) is 0. The largest absolute Gasteiger partial charge is 0.421 e. The van der Waals surface area contributed by atoms with Gasteiger partial charge in [-0.15, -0.1) is 0 Å². The summed E-state index contributed by atoms with van der Waals surface area (Å²) < 4.78 is 17.0. The third kappa shape index (κ3) is 3.72. The molecule has 0 saturated carbocycles. The van der Waals surface area contributed by atoms with Crippen LogP contribution in [-0.4, -0.2) is 4.89 Å². The first-order valence-electron chi connectivity index (χ1n) is 4.81. The van der Waals surface area contributed by atoms with Crippen molar-refractivity contribution in [3.8, 4) is 5.75 Å². The molecule has 1 atom stereocenters. The van der Waals surface area contributed by atoms with Crippen LogP contribution in [0.2, 0.25) is 0 Å². The fourth-order valence-electron chi connectivity index (χ4n) is 1.29. The number of para-hydroxylation sites is 1. The minimum Gasteiger partial charge on any atom is -0.421 e. The van der Waals surface area contributed by atoms with Crippen molar-refractivity contribution in [2.75, 3.05) is 0 Å². The molecule has 17 heavy (non-hydrogen) atoms. The fraction of sp³-hybridized carbons (Fsp3) is 0. The minimum absolute atomic E-state index is 0. The molecule has 0 amide bonds. The van der Waals surface area contributed by atoms with Crippen molar-refractivity contribution in [3.63, 3.8) is 0 Å². The summed E-state index contributed by atoms with van der Waals surface area (Å²) in [5, 5.41) is 0.291. The molecule has 0 aliphatic carbocycles. The molecule has 0 saturated heterocycles. The Balaban J connectivity index is 0.00000144. The Labute approximate surface area is 110 Å². The number of hydrogen-bond donors (Lipinski definition) is 1. The Morgan fingerprint density at radius 1 is 0.882 bits per heavy atom. The van der Waals surface area contributed by atoms with Gasteiger partial charge in [-0.1, -0.05) is 36.4 Å². The first-order valence-corrected chi connectivity index (χ1v) is 6.39. The summed E-state index contributed by atoms with van der Waals surface area (Å²) in [6, 6.07) is 16.9. The molecular formula is C12H11FeO3P. The van der Waals surface area contributed by atoms with Crippen molar-refractivity contribution >= 4 is 12.9 Å². The molecule has 1 unspecified atom stereocenters. The van der Waals surface area contributed by atoms with Crippen molar-refractivity contribution in [2.45, 2.75) is 0 Å². The fourth-order valence-corrected chi connectivity index (χ4v) is 2.36. The Bertz CT molecular complexity index is 502. The Kier molecular flexibility index (Phi) is 4.98. The van der Waals surface area contributed by atoms with Crippen molar-refractivity contribution in [1.29, 1.82) is 0 Å². The standard InChI is InChI=1S/C12H11O3P.Fe/c13-16(14,12-9-5-2-6-10-12)15-11-7-3-1-4-8-11;/h1-10H,(H,13,14);. The van der Waals surface area contributed by atoms with Gasteiger partial charge in [-0.25, -0.2) is 4.57 Å². The molecule has 2 aromatic rings. The van der Waals surface area contributed by atoms with Crippen LogP contribution in [-0.2, 0) is 21.6 Å². The summed E-state index contributed by atoms with van der Waals surface area (Å²) in [6.07, 6.45) is 0.